The summed E-state index contributed by atoms with van der Waals surface area (Å²) in [5.41, 5.74) is 4.33. The third-order valence-electron chi connectivity index (χ3n) is 4.13. The van der Waals surface area contributed by atoms with E-state index in [4.69, 9.17) is 4.98 Å². The van der Waals surface area contributed by atoms with Gasteiger partial charge in [0.2, 0.25) is 5.88 Å². The molecule has 0 atom stereocenters. The van der Waals surface area contributed by atoms with E-state index >= 15 is 0 Å². The van der Waals surface area contributed by atoms with Gasteiger partial charge in [0.05, 0.1) is 28.5 Å². The SMILES string of the molecule is CCn1cc(-n2cc3nc(-c4cccnc4)cc(C)c3c2O)cn1. The van der Waals surface area contributed by atoms with E-state index in [1.54, 1.807) is 23.2 Å². The molecule has 0 fully saturated rings. The fraction of sp³-hybridized carbons (Fsp3) is 0.167. The van der Waals surface area contributed by atoms with Gasteiger partial charge in [-0.3, -0.25) is 14.2 Å². The molecule has 0 bridgehead atoms. The maximum absolute atomic E-state index is 10.6. The van der Waals surface area contributed by atoms with E-state index in [2.05, 4.69) is 10.1 Å². The van der Waals surface area contributed by atoms with Gasteiger partial charge < -0.3 is 5.11 Å². The summed E-state index contributed by atoms with van der Waals surface area (Å²) in [6.07, 6.45) is 9.00. The molecule has 6 nitrogen and oxygen atoms in total. The van der Waals surface area contributed by atoms with Crippen molar-refractivity contribution in [1.29, 1.82) is 0 Å². The highest BCUT2D eigenvalue weighted by molar-refractivity contribution is 5.90. The molecule has 0 aromatic carbocycles. The number of hydrogen-bond acceptors (Lipinski definition) is 4. The van der Waals surface area contributed by atoms with E-state index in [0.29, 0.717) is 0 Å². The van der Waals surface area contributed by atoms with Gasteiger partial charge in [-0.05, 0) is 37.6 Å². The predicted molar refractivity (Wildman–Crippen MR) is 92.2 cm³/mol. The number of aromatic nitrogens is 5. The molecule has 6 heteroatoms. The molecule has 0 aliphatic rings. The zero-order valence-corrected chi connectivity index (χ0v) is 13.5. The van der Waals surface area contributed by atoms with E-state index in [1.165, 1.54) is 0 Å². The molecule has 4 aromatic heterocycles. The second-order valence-electron chi connectivity index (χ2n) is 5.70. The van der Waals surface area contributed by atoms with Crippen LogP contribution < -0.4 is 0 Å². The number of rotatable bonds is 3. The number of pyridine rings is 2. The van der Waals surface area contributed by atoms with Crippen molar-refractivity contribution in [3.8, 4) is 22.8 Å². The predicted octanol–water partition coefficient (Wildman–Crippen LogP) is 3.32. The molecule has 0 radical (unpaired) electrons. The Morgan fingerprint density at radius 3 is 2.79 bits per heavy atom. The summed E-state index contributed by atoms with van der Waals surface area (Å²) in [4.78, 5) is 8.84. The Kier molecular flexibility index (Phi) is 3.30. The van der Waals surface area contributed by atoms with Crippen LogP contribution in [0.1, 0.15) is 12.5 Å². The van der Waals surface area contributed by atoms with Gasteiger partial charge in [-0.25, -0.2) is 4.98 Å². The Morgan fingerprint density at radius 2 is 2.08 bits per heavy atom. The van der Waals surface area contributed by atoms with Crippen LogP contribution in [0, 0.1) is 6.92 Å². The van der Waals surface area contributed by atoms with Crippen molar-refractivity contribution in [2.45, 2.75) is 20.4 Å². The van der Waals surface area contributed by atoms with Crippen molar-refractivity contribution in [1.82, 2.24) is 24.3 Å². The first kappa shape index (κ1) is 14.4. The summed E-state index contributed by atoms with van der Waals surface area (Å²) in [6, 6.07) is 5.83. The Balaban J connectivity index is 1.90. The molecule has 0 amide bonds. The van der Waals surface area contributed by atoms with Gasteiger partial charge in [0.15, 0.2) is 0 Å². The molecule has 120 valence electrons. The molecule has 1 N–H and O–H groups in total. The summed E-state index contributed by atoms with van der Waals surface area (Å²) in [5, 5.41) is 15.7. The average molecular weight is 319 g/mol. The van der Waals surface area contributed by atoms with Gasteiger partial charge in [0.1, 0.15) is 0 Å². The molecule has 0 spiro atoms. The molecule has 24 heavy (non-hydrogen) atoms. The lowest BCUT2D eigenvalue weighted by Gasteiger charge is -2.04. The van der Waals surface area contributed by atoms with Gasteiger partial charge in [-0.2, -0.15) is 5.10 Å². The topological polar surface area (TPSA) is 68.8 Å². The van der Waals surface area contributed by atoms with Crippen molar-refractivity contribution in [2.75, 3.05) is 0 Å². The first-order chi connectivity index (χ1) is 11.7. The fourth-order valence-electron chi connectivity index (χ4n) is 2.89. The first-order valence-electron chi connectivity index (χ1n) is 7.82. The highest BCUT2D eigenvalue weighted by atomic mass is 16.3. The first-order valence-corrected chi connectivity index (χ1v) is 7.82. The lowest BCUT2D eigenvalue weighted by molar-refractivity contribution is 0.448. The van der Waals surface area contributed by atoms with E-state index in [1.807, 2.05) is 49.1 Å². The second-order valence-corrected chi connectivity index (χ2v) is 5.70. The van der Waals surface area contributed by atoms with Crippen LogP contribution in [0.25, 0.3) is 27.8 Å². The van der Waals surface area contributed by atoms with Crippen molar-refractivity contribution in [3.05, 3.63) is 54.7 Å². The zero-order chi connectivity index (χ0) is 16.7. The maximum Gasteiger partial charge on any atom is 0.205 e. The van der Waals surface area contributed by atoms with Crippen LogP contribution in [0.4, 0.5) is 0 Å². The molecule has 0 unspecified atom stereocenters. The largest absolute Gasteiger partial charge is 0.494 e. The number of aromatic hydroxyl groups is 1. The molecule has 0 aliphatic carbocycles. The number of fused-ring (bicyclic) bond motifs is 1. The number of aryl methyl sites for hydroxylation is 2. The minimum atomic E-state index is 0.184. The fourth-order valence-corrected chi connectivity index (χ4v) is 2.89. The van der Waals surface area contributed by atoms with Gasteiger partial charge in [-0.15, -0.1) is 0 Å². The molecule has 0 saturated heterocycles. The van der Waals surface area contributed by atoms with Crippen LogP contribution in [-0.4, -0.2) is 29.4 Å². The highest BCUT2D eigenvalue weighted by Crippen LogP contribution is 2.33. The van der Waals surface area contributed by atoms with E-state index in [0.717, 1.165) is 40.0 Å². The van der Waals surface area contributed by atoms with Gasteiger partial charge >= 0.3 is 0 Å². The van der Waals surface area contributed by atoms with Crippen LogP contribution in [0.3, 0.4) is 0 Å². The second kappa shape index (κ2) is 5.49. The lowest BCUT2D eigenvalue weighted by atomic mass is 10.1. The van der Waals surface area contributed by atoms with E-state index in [9.17, 15) is 5.11 Å². The standard InChI is InChI=1S/C18H17N5O/c1-3-22-10-14(9-20-22)23-11-16-17(18(23)24)12(2)7-15(21-16)13-5-4-6-19-8-13/h4-11,24H,3H2,1-2H3. The minimum absolute atomic E-state index is 0.184. The maximum atomic E-state index is 10.6. The molecule has 4 rings (SSSR count). The Hall–Kier alpha value is -3.15. The molecule has 4 heterocycles. The Labute approximate surface area is 139 Å². The molecule has 4 aromatic rings. The number of nitrogens with zero attached hydrogens (tertiary/aromatic N) is 5. The minimum Gasteiger partial charge on any atom is -0.494 e. The smallest absolute Gasteiger partial charge is 0.205 e. The molecular weight excluding hydrogens is 302 g/mol. The van der Waals surface area contributed by atoms with Gasteiger partial charge in [0.25, 0.3) is 0 Å². The summed E-state index contributed by atoms with van der Waals surface area (Å²) >= 11 is 0. The third-order valence-corrected chi connectivity index (χ3v) is 4.13. The monoisotopic (exact) mass is 319 g/mol. The average Bonchev–Trinajstić information content (AvgIpc) is 3.20. The van der Waals surface area contributed by atoms with Crippen LogP contribution in [0.5, 0.6) is 5.88 Å². The van der Waals surface area contributed by atoms with Crippen molar-refractivity contribution in [3.63, 3.8) is 0 Å². The normalized spacial score (nSPS) is 11.2. The van der Waals surface area contributed by atoms with Gasteiger partial charge in [-0.1, -0.05) is 0 Å². The van der Waals surface area contributed by atoms with Gasteiger partial charge in [0, 0.05) is 36.9 Å². The Morgan fingerprint density at radius 1 is 1.21 bits per heavy atom. The lowest BCUT2D eigenvalue weighted by Crippen LogP contribution is -1.93. The van der Waals surface area contributed by atoms with Crippen LogP contribution in [0.15, 0.2) is 49.2 Å². The van der Waals surface area contributed by atoms with Crippen LogP contribution in [-0.2, 0) is 6.54 Å². The van der Waals surface area contributed by atoms with Crippen molar-refractivity contribution >= 4 is 10.9 Å². The highest BCUT2D eigenvalue weighted by Gasteiger charge is 2.16. The van der Waals surface area contributed by atoms with Crippen LogP contribution >= 0.6 is 0 Å². The summed E-state index contributed by atoms with van der Waals surface area (Å²) in [5.74, 6) is 0.184. The molecular formula is C18H17N5O. The molecule has 0 aliphatic heterocycles. The molecule has 0 saturated carbocycles. The van der Waals surface area contributed by atoms with Crippen molar-refractivity contribution < 1.29 is 5.11 Å². The van der Waals surface area contributed by atoms with E-state index < -0.39 is 0 Å². The van der Waals surface area contributed by atoms with Crippen LogP contribution in [0.2, 0.25) is 0 Å². The quantitative estimate of drug-likeness (QED) is 0.629. The summed E-state index contributed by atoms with van der Waals surface area (Å²) in [6.45, 7) is 4.78. The summed E-state index contributed by atoms with van der Waals surface area (Å²) < 4.78 is 3.54. The third kappa shape index (κ3) is 2.23. The number of hydrogen-bond donors (Lipinski definition) is 1. The Bertz CT molecular complexity index is 1020. The zero-order valence-electron chi connectivity index (χ0n) is 13.5. The summed E-state index contributed by atoms with van der Waals surface area (Å²) in [7, 11) is 0. The van der Waals surface area contributed by atoms with E-state index in [-0.39, 0.29) is 5.88 Å². The van der Waals surface area contributed by atoms with Crippen molar-refractivity contribution in [2.24, 2.45) is 0 Å².